The zero-order valence-corrected chi connectivity index (χ0v) is 29.2. The molecule has 0 aliphatic carbocycles. The third kappa shape index (κ3) is 11.1. The largest absolute Gasteiger partial charge is 0.480 e. The number of aromatic nitrogens is 3. The van der Waals surface area contributed by atoms with Gasteiger partial charge in [-0.3, -0.25) is 19.6 Å². The monoisotopic (exact) mass is 693 g/mol. The zero-order valence-electron chi connectivity index (χ0n) is 29.2. The fourth-order valence-electron chi connectivity index (χ4n) is 5.59. The number of hydrogen-bond donors (Lipinski definition) is 1. The van der Waals surface area contributed by atoms with Crippen molar-refractivity contribution in [3.63, 3.8) is 0 Å². The average Bonchev–Trinajstić information content (AvgIpc) is 3.57. The van der Waals surface area contributed by atoms with Crippen LogP contribution in [-0.2, 0) is 31.7 Å². The fraction of sp³-hybridized carbons (Fsp3) is 0.618. The molecule has 4 atom stereocenters. The van der Waals surface area contributed by atoms with Crippen molar-refractivity contribution in [2.24, 2.45) is 0 Å². The number of carboxylic acids is 1. The third-order valence-corrected chi connectivity index (χ3v) is 7.90. The van der Waals surface area contributed by atoms with E-state index in [9.17, 15) is 32.3 Å². The first-order valence-electron chi connectivity index (χ1n) is 16.2. The van der Waals surface area contributed by atoms with Gasteiger partial charge in [-0.2, -0.15) is 13.2 Å². The van der Waals surface area contributed by atoms with Crippen LogP contribution < -0.4 is 0 Å². The lowest BCUT2D eigenvalue weighted by Crippen LogP contribution is -2.46. The summed E-state index contributed by atoms with van der Waals surface area (Å²) in [6.07, 6.45) is -0.161. The number of hydrogen-bond acceptors (Lipinski definition) is 9. The van der Waals surface area contributed by atoms with Crippen LogP contribution in [0.1, 0.15) is 98.9 Å². The molecule has 4 rings (SSSR count). The highest BCUT2D eigenvalue weighted by Crippen LogP contribution is 2.30. The molecule has 270 valence electrons. The van der Waals surface area contributed by atoms with Crippen LogP contribution in [0.4, 0.5) is 22.8 Å². The number of likely N-dealkylation sites (tertiary alicyclic amines) is 2. The normalized spacial score (nSPS) is 21.1. The van der Waals surface area contributed by atoms with Gasteiger partial charge in [-0.25, -0.2) is 24.4 Å². The second kappa shape index (κ2) is 15.5. The minimum absolute atomic E-state index is 0.0732. The van der Waals surface area contributed by atoms with E-state index in [1.165, 1.54) is 22.2 Å². The first-order valence-corrected chi connectivity index (χ1v) is 16.2. The van der Waals surface area contributed by atoms with Crippen LogP contribution in [-0.4, -0.2) is 89.2 Å². The van der Waals surface area contributed by atoms with Crippen LogP contribution >= 0.6 is 0 Å². The van der Waals surface area contributed by atoms with Crippen molar-refractivity contribution in [2.75, 3.05) is 0 Å². The quantitative estimate of drug-likeness (QED) is 0.346. The predicted octanol–water partition coefficient (Wildman–Crippen LogP) is 6.71. The van der Waals surface area contributed by atoms with Gasteiger partial charge >= 0.3 is 24.3 Å². The molecule has 2 aromatic rings. The predicted molar refractivity (Wildman–Crippen MR) is 172 cm³/mol. The zero-order chi connectivity index (χ0) is 36.9. The summed E-state index contributed by atoms with van der Waals surface area (Å²) in [6.45, 7) is 14.4. The van der Waals surface area contributed by atoms with E-state index in [0.717, 1.165) is 12.3 Å². The summed E-state index contributed by atoms with van der Waals surface area (Å²) < 4.78 is 48.8. The molecule has 2 fully saturated rings. The van der Waals surface area contributed by atoms with Crippen LogP contribution in [0.2, 0.25) is 0 Å². The van der Waals surface area contributed by atoms with Gasteiger partial charge in [0.1, 0.15) is 29.3 Å². The molecule has 2 aliphatic heterocycles. The molecule has 2 saturated heterocycles. The van der Waals surface area contributed by atoms with Gasteiger partial charge in [0.05, 0.1) is 11.7 Å². The Bertz CT molecular complexity index is 1490. The number of carboxylic acid groups (broad SMARTS) is 1. The molecule has 0 unspecified atom stereocenters. The number of amides is 2. The lowest BCUT2D eigenvalue weighted by Gasteiger charge is -2.30. The average molecular weight is 694 g/mol. The number of alkyl halides is 3. The van der Waals surface area contributed by atoms with Crippen LogP contribution in [0.5, 0.6) is 0 Å². The molecule has 15 heteroatoms. The Morgan fingerprint density at radius 1 is 0.816 bits per heavy atom. The van der Waals surface area contributed by atoms with Crippen LogP contribution in [0.25, 0.3) is 11.3 Å². The molecule has 0 bridgehead atoms. The summed E-state index contributed by atoms with van der Waals surface area (Å²) >= 11 is 0. The minimum Gasteiger partial charge on any atom is -0.480 e. The summed E-state index contributed by atoms with van der Waals surface area (Å²) in [4.78, 5) is 62.9. The number of pyridine rings is 1. The maximum absolute atomic E-state index is 12.9. The molecule has 49 heavy (non-hydrogen) atoms. The molecule has 0 saturated carbocycles. The van der Waals surface area contributed by atoms with Gasteiger partial charge in [0, 0.05) is 36.0 Å². The number of Topliss-reactive ketones (excluding diaryl/α,β-unsaturated/α-hetero) is 1. The second-order valence-electron chi connectivity index (χ2n) is 14.3. The SMILES string of the molecule is C[C@@H]1CC[C@@H](C(=O)CCc2cc(-c3ccc(C(F)(F)F)nc3)ncn2)N1C(=O)OC(C)(C)C.C[C@@H]1CC[C@@H](C(=O)O)N1C(=O)OC(C)(C)C. The number of aryl methyl sites for hydroxylation is 1. The Morgan fingerprint density at radius 3 is 1.82 bits per heavy atom. The summed E-state index contributed by atoms with van der Waals surface area (Å²) in [5.74, 6) is -1.04. The van der Waals surface area contributed by atoms with Gasteiger partial charge in [-0.15, -0.1) is 0 Å². The topological polar surface area (TPSA) is 152 Å². The Hall–Kier alpha value is -4.30. The molecular weight excluding hydrogens is 647 g/mol. The van der Waals surface area contributed by atoms with Gasteiger partial charge in [0.25, 0.3) is 0 Å². The molecule has 2 amide bonds. The summed E-state index contributed by atoms with van der Waals surface area (Å²) in [6, 6.07) is 2.36. The van der Waals surface area contributed by atoms with E-state index in [-0.39, 0.29) is 24.3 Å². The lowest BCUT2D eigenvalue weighted by atomic mass is 10.0. The van der Waals surface area contributed by atoms with E-state index < -0.39 is 53.3 Å². The van der Waals surface area contributed by atoms with Gasteiger partial charge in [0.2, 0.25) is 0 Å². The van der Waals surface area contributed by atoms with E-state index >= 15 is 0 Å². The van der Waals surface area contributed by atoms with E-state index in [4.69, 9.17) is 14.6 Å². The highest BCUT2D eigenvalue weighted by molar-refractivity contribution is 5.88. The molecule has 2 aliphatic rings. The maximum Gasteiger partial charge on any atom is 0.433 e. The first-order chi connectivity index (χ1) is 22.6. The van der Waals surface area contributed by atoms with Crippen LogP contribution in [0, 0.1) is 0 Å². The number of ketones is 1. The number of nitrogens with zero attached hydrogens (tertiary/aromatic N) is 5. The van der Waals surface area contributed by atoms with E-state index in [1.54, 1.807) is 47.6 Å². The molecule has 12 nitrogen and oxygen atoms in total. The van der Waals surface area contributed by atoms with Crippen molar-refractivity contribution in [3.8, 4) is 11.3 Å². The van der Waals surface area contributed by atoms with Gasteiger partial charge in [-0.1, -0.05) is 0 Å². The Labute approximate surface area is 284 Å². The fourth-order valence-corrected chi connectivity index (χ4v) is 5.59. The molecule has 0 radical (unpaired) electrons. The Morgan fingerprint density at radius 2 is 1.35 bits per heavy atom. The van der Waals surface area contributed by atoms with Crippen molar-refractivity contribution < 1.29 is 46.9 Å². The summed E-state index contributed by atoms with van der Waals surface area (Å²) in [5, 5.41) is 9.00. The number of carbonyl (C=O) groups is 4. The number of aliphatic carboxylic acids is 1. The van der Waals surface area contributed by atoms with Gasteiger partial charge in [0.15, 0.2) is 5.78 Å². The number of halogens is 3. The number of ether oxygens (including phenoxy) is 2. The van der Waals surface area contributed by atoms with E-state index in [0.29, 0.717) is 49.1 Å². The first kappa shape index (κ1) is 39.1. The van der Waals surface area contributed by atoms with Gasteiger partial charge < -0.3 is 14.6 Å². The van der Waals surface area contributed by atoms with Crippen molar-refractivity contribution in [3.05, 3.63) is 42.1 Å². The summed E-state index contributed by atoms with van der Waals surface area (Å²) in [7, 11) is 0. The Kier molecular flexibility index (Phi) is 12.4. The molecular formula is C34H46F3N5O7. The second-order valence-corrected chi connectivity index (χ2v) is 14.3. The highest BCUT2D eigenvalue weighted by atomic mass is 19.4. The van der Waals surface area contributed by atoms with Crippen molar-refractivity contribution in [2.45, 2.75) is 135 Å². The van der Waals surface area contributed by atoms with E-state index in [1.807, 2.05) is 13.8 Å². The maximum atomic E-state index is 12.9. The van der Waals surface area contributed by atoms with Crippen molar-refractivity contribution >= 4 is 23.9 Å². The van der Waals surface area contributed by atoms with Crippen LogP contribution in [0.3, 0.4) is 0 Å². The molecule has 0 spiro atoms. The third-order valence-electron chi connectivity index (χ3n) is 7.90. The highest BCUT2D eigenvalue weighted by Gasteiger charge is 2.42. The lowest BCUT2D eigenvalue weighted by molar-refractivity contribution is -0.142. The van der Waals surface area contributed by atoms with Crippen LogP contribution in [0.15, 0.2) is 30.7 Å². The smallest absolute Gasteiger partial charge is 0.433 e. The molecule has 2 aromatic heterocycles. The van der Waals surface area contributed by atoms with Gasteiger partial charge in [-0.05, 0) is 106 Å². The number of rotatable bonds is 6. The van der Waals surface area contributed by atoms with Crippen molar-refractivity contribution in [1.82, 2.24) is 24.8 Å². The summed E-state index contributed by atoms with van der Waals surface area (Å²) in [5.41, 5.74) is -0.827. The Balaban J connectivity index is 0.000000341. The van der Waals surface area contributed by atoms with E-state index in [2.05, 4.69) is 15.0 Å². The minimum atomic E-state index is -4.51. The number of carbonyl (C=O) groups excluding carboxylic acids is 3. The molecule has 0 aromatic carbocycles. The van der Waals surface area contributed by atoms with Crippen molar-refractivity contribution in [1.29, 1.82) is 0 Å². The standard InChI is InChI=1S/C23H27F3N4O3.C11H19NO4/c1-14-5-8-18(30(14)21(32)33-22(2,3)4)19(31)9-7-16-11-17(29-13-28-16)15-6-10-20(27-12-15)23(24,25)26;1-7-5-6-8(9(13)14)12(7)10(15)16-11(2,3)4/h6,10-14,18H,5,7-9H2,1-4H3;7-8H,5-6H2,1-4H3,(H,13,14)/t14-,18+;7-,8+/m11/s1. The molecule has 4 heterocycles. The molecule has 1 N–H and O–H groups in total.